The van der Waals surface area contributed by atoms with Crippen molar-refractivity contribution in [2.75, 3.05) is 6.54 Å². The number of thioether (sulfide) groups is 1. The Morgan fingerprint density at radius 2 is 1.85 bits per heavy atom. The molecule has 1 N–H and O–H groups in total. The smallest absolute Gasteiger partial charge is 0.323 e. The first kappa shape index (κ1) is 18.7. The normalized spacial score (nSPS) is 15.4. The van der Waals surface area contributed by atoms with Crippen molar-refractivity contribution in [1.82, 2.24) is 4.90 Å². The quantitative estimate of drug-likeness (QED) is 0.764. The summed E-state index contributed by atoms with van der Waals surface area (Å²) in [6.45, 7) is -0.476. The molecule has 1 saturated heterocycles. The Hall–Kier alpha value is -3.13. The van der Waals surface area contributed by atoms with Crippen LogP contribution in [-0.2, 0) is 16.2 Å². The summed E-state index contributed by atoms with van der Waals surface area (Å²) in [4.78, 5) is 35.7. The van der Waals surface area contributed by atoms with Crippen LogP contribution >= 0.6 is 11.8 Å². The molecule has 0 spiro atoms. The molecule has 1 aliphatic rings. The highest BCUT2D eigenvalue weighted by Crippen LogP contribution is 2.33. The lowest BCUT2D eigenvalue weighted by Gasteiger charge is -2.10. The molecule has 2 amide bonds. The molecule has 1 aliphatic heterocycles. The van der Waals surface area contributed by atoms with Crippen molar-refractivity contribution >= 4 is 35.0 Å². The number of imide groups is 1. The van der Waals surface area contributed by atoms with E-state index in [1.165, 1.54) is 18.2 Å². The van der Waals surface area contributed by atoms with Crippen LogP contribution in [-0.4, -0.2) is 33.7 Å². The van der Waals surface area contributed by atoms with Gasteiger partial charge in [-0.15, -0.1) is 0 Å². The highest BCUT2D eigenvalue weighted by molar-refractivity contribution is 8.18. The van der Waals surface area contributed by atoms with E-state index in [1.54, 1.807) is 36.4 Å². The van der Waals surface area contributed by atoms with E-state index >= 15 is 0 Å². The number of halogens is 1. The average Bonchev–Trinajstić information content (AvgIpc) is 2.89. The first-order valence-corrected chi connectivity index (χ1v) is 8.69. The van der Waals surface area contributed by atoms with Gasteiger partial charge in [-0.1, -0.05) is 30.3 Å². The summed E-state index contributed by atoms with van der Waals surface area (Å²) >= 11 is 0.681. The molecule has 0 unspecified atom stereocenters. The van der Waals surface area contributed by atoms with Crippen molar-refractivity contribution in [2.24, 2.45) is 0 Å². The lowest BCUT2D eigenvalue weighted by molar-refractivity contribution is -0.140. The van der Waals surface area contributed by atoms with E-state index in [1.807, 2.05) is 0 Å². The number of nitrogens with zero attached hydrogens (tertiary/aromatic N) is 1. The Morgan fingerprint density at radius 3 is 2.56 bits per heavy atom. The van der Waals surface area contributed by atoms with Crippen LogP contribution < -0.4 is 4.74 Å². The molecule has 3 rings (SSSR count). The molecule has 2 aromatic carbocycles. The Labute approximate surface area is 158 Å². The summed E-state index contributed by atoms with van der Waals surface area (Å²) in [5, 5.41) is 8.18. The van der Waals surface area contributed by atoms with Crippen LogP contribution in [0.4, 0.5) is 9.18 Å². The van der Waals surface area contributed by atoms with E-state index < -0.39 is 23.7 Å². The van der Waals surface area contributed by atoms with Gasteiger partial charge in [0.2, 0.25) is 0 Å². The predicted molar refractivity (Wildman–Crippen MR) is 97.5 cm³/mol. The fourth-order valence-corrected chi connectivity index (χ4v) is 3.21. The van der Waals surface area contributed by atoms with Gasteiger partial charge in [-0.05, 0) is 41.6 Å². The second-order valence-corrected chi connectivity index (χ2v) is 6.61. The van der Waals surface area contributed by atoms with Gasteiger partial charge in [0.05, 0.1) is 4.91 Å². The van der Waals surface area contributed by atoms with E-state index in [4.69, 9.17) is 9.84 Å². The number of carboxylic acid groups (broad SMARTS) is 1. The maximum Gasteiger partial charge on any atom is 0.323 e. The van der Waals surface area contributed by atoms with Crippen molar-refractivity contribution in [3.05, 3.63) is 70.4 Å². The van der Waals surface area contributed by atoms with Crippen LogP contribution in [0.15, 0.2) is 53.4 Å². The summed E-state index contributed by atoms with van der Waals surface area (Å²) in [5.41, 5.74) is 1.34. The zero-order valence-corrected chi connectivity index (χ0v) is 14.7. The minimum absolute atomic E-state index is 0.124. The summed E-state index contributed by atoms with van der Waals surface area (Å²) < 4.78 is 18.7. The van der Waals surface area contributed by atoms with Crippen LogP contribution in [0, 0.1) is 5.82 Å². The van der Waals surface area contributed by atoms with Gasteiger partial charge in [0.15, 0.2) is 0 Å². The second kappa shape index (κ2) is 8.05. The monoisotopic (exact) mass is 387 g/mol. The van der Waals surface area contributed by atoms with Gasteiger partial charge in [-0.25, -0.2) is 4.39 Å². The van der Waals surface area contributed by atoms with Crippen LogP contribution in [0.5, 0.6) is 5.75 Å². The third-order valence-corrected chi connectivity index (χ3v) is 4.59. The number of ether oxygens (including phenoxy) is 1. The molecule has 0 atom stereocenters. The van der Waals surface area contributed by atoms with Crippen LogP contribution in [0.3, 0.4) is 0 Å². The minimum Gasteiger partial charge on any atom is -0.488 e. The molecule has 0 aliphatic carbocycles. The van der Waals surface area contributed by atoms with Gasteiger partial charge < -0.3 is 9.84 Å². The highest BCUT2D eigenvalue weighted by atomic mass is 32.2. The Kier molecular flexibility index (Phi) is 5.56. The molecule has 138 valence electrons. The molecular weight excluding hydrogens is 373 g/mol. The predicted octanol–water partition coefficient (Wildman–Crippen LogP) is 3.53. The summed E-state index contributed by atoms with van der Waals surface area (Å²) in [5.74, 6) is -1.77. The van der Waals surface area contributed by atoms with Crippen molar-refractivity contribution in [3.8, 4) is 5.75 Å². The van der Waals surface area contributed by atoms with Crippen LogP contribution in [0.2, 0.25) is 0 Å². The van der Waals surface area contributed by atoms with Gasteiger partial charge in [0, 0.05) is 5.56 Å². The minimum atomic E-state index is -1.26. The summed E-state index contributed by atoms with van der Waals surface area (Å²) in [6.07, 6.45) is 1.49. The number of para-hydroxylation sites is 1. The lowest BCUT2D eigenvalue weighted by Crippen LogP contribution is -2.33. The van der Waals surface area contributed by atoms with Gasteiger partial charge >= 0.3 is 5.97 Å². The lowest BCUT2D eigenvalue weighted by atomic mass is 10.1. The van der Waals surface area contributed by atoms with Crippen LogP contribution in [0.1, 0.15) is 11.1 Å². The molecule has 1 heterocycles. The topological polar surface area (TPSA) is 83.9 Å². The zero-order valence-electron chi connectivity index (χ0n) is 13.9. The van der Waals surface area contributed by atoms with E-state index in [2.05, 4.69) is 0 Å². The molecule has 0 saturated carbocycles. The Morgan fingerprint density at radius 1 is 1.15 bits per heavy atom. The summed E-state index contributed by atoms with van der Waals surface area (Å²) in [6, 6.07) is 12.8. The number of rotatable bonds is 6. The van der Waals surface area contributed by atoms with Crippen LogP contribution in [0.25, 0.3) is 6.08 Å². The zero-order chi connectivity index (χ0) is 19.4. The number of amides is 2. The number of carbonyl (C=O) groups is 3. The number of carboxylic acids is 1. The molecule has 0 radical (unpaired) electrons. The number of benzene rings is 2. The van der Waals surface area contributed by atoms with E-state index in [0.29, 0.717) is 28.0 Å². The summed E-state index contributed by atoms with van der Waals surface area (Å²) in [7, 11) is 0. The van der Waals surface area contributed by atoms with E-state index in [-0.39, 0.29) is 17.3 Å². The number of aliphatic carboxylic acids is 1. The first-order chi connectivity index (χ1) is 12.9. The molecule has 0 aromatic heterocycles. The maximum atomic E-state index is 13.0. The molecule has 2 aromatic rings. The van der Waals surface area contributed by atoms with Gasteiger partial charge in [-0.3, -0.25) is 19.3 Å². The first-order valence-electron chi connectivity index (χ1n) is 7.87. The SMILES string of the molecule is O=C(O)CN1C(=O)S/C(=C/c2ccccc2OCc2ccc(F)cc2)C1=O. The van der Waals surface area contributed by atoms with Gasteiger partial charge in [-0.2, -0.15) is 0 Å². The van der Waals surface area contributed by atoms with E-state index in [9.17, 15) is 18.8 Å². The van der Waals surface area contributed by atoms with Crippen molar-refractivity contribution in [3.63, 3.8) is 0 Å². The highest BCUT2D eigenvalue weighted by Gasteiger charge is 2.36. The largest absolute Gasteiger partial charge is 0.488 e. The van der Waals surface area contributed by atoms with Gasteiger partial charge in [0.1, 0.15) is 24.7 Å². The van der Waals surface area contributed by atoms with Crippen molar-refractivity contribution in [1.29, 1.82) is 0 Å². The molecule has 0 bridgehead atoms. The Balaban J connectivity index is 1.78. The average molecular weight is 387 g/mol. The van der Waals surface area contributed by atoms with Gasteiger partial charge in [0.25, 0.3) is 11.1 Å². The molecule has 27 heavy (non-hydrogen) atoms. The fraction of sp³-hybridized carbons (Fsp3) is 0.105. The van der Waals surface area contributed by atoms with E-state index in [0.717, 1.165) is 5.56 Å². The molecule has 1 fully saturated rings. The number of carbonyl (C=O) groups excluding carboxylic acids is 2. The third-order valence-electron chi connectivity index (χ3n) is 3.68. The molecular formula is C19H14FNO5S. The number of hydrogen-bond donors (Lipinski definition) is 1. The number of hydrogen-bond acceptors (Lipinski definition) is 5. The van der Waals surface area contributed by atoms with Crippen molar-refractivity contribution in [2.45, 2.75) is 6.61 Å². The molecule has 6 nitrogen and oxygen atoms in total. The maximum absolute atomic E-state index is 13.0. The fourth-order valence-electron chi connectivity index (χ4n) is 2.39. The third kappa shape index (κ3) is 4.53. The van der Waals surface area contributed by atoms with Crippen molar-refractivity contribution < 1.29 is 28.6 Å². The Bertz CT molecular complexity index is 926. The molecule has 8 heteroatoms. The standard InChI is InChI=1S/C19H14FNO5S/c20-14-7-5-12(6-8-14)11-26-15-4-2-1-3-13(15)9-16-18(24)21(10-17(22)23)19(25)27-16/h1-9H,10-11H2,(H,22,23)/b16-9+. The second-order valence-electron chi connectivity index (χ2n) is 5.61.